The first-order chi connectivity index (χ1) is 20.1. The number of phenolic OH excluding ortho intramolecular Hbond substituents is 1. The van der Waals surface area contributed by atoms with Gasteiger partial charge in [-0.2, -0.15) is 13.2 Å². The monoisotopic (exact) mass is 572 g/mol. The van der Waals surface area contributed by atoms with Crippen LogP contribution in [0.15, 0.2) is 84.9 Å². The Morgan fingerprint density at radius 3 is 2.40 bits per heavy atom. The number of nitrogens with one attached hydrogen (secondary N) is 2. The summed E-state index contributed by atoms with van der Waals surface area (Å²) >= 11 is 0. The average Bonchev–Trinajstić information content (AvgIpc) is 3.37. The van der Waals surface area contributed by atoms with Crippen molar-refractivity contribution in [1.29, 1.82) is 5.41 Å². The summed E-state index contributed by atoms with van der Waals surface area (Å²) in [5, 5.41) is 22.2. The van der Waals surface area contributed by atoms with Crippen LogP contribution < -0.4 is 20.7 Å². The van der Waals surface area contributed by atoms with E-state index in [1.807, 2.05) is 36.4 Å². The molecule has 0 spiro atoms. The summed E-state index contributed by atoms with van der Waals surface area (Å²) in [6, 6.07) is 23.0. The van der Waals surface area contributed by atoms with E-state index in [0.29, 0.717) is 22.4 Å². The molecule has 7 nitrogen and oxygen atoms in total. The quantitative estimate of drug-likeness (QED) is 0.164. The second-order valence-electron chi connectivity index (χ2n) is 10.4. The van der Waals surface area contributed by atoms with Crippen molar-refractivity contribution in [2.24, 2.45) is 11.7 Å². The minimum absolute atomic E-state index is 0.000732. The Hall–Kier alpha value is -4.99. The largest absolute Gasteiger partial charge is 0.504 e. The summed E-state index contributed by atoms with van der Waals surface area (Å²) in [7, 11) is 1.36. The number of para-hydroxylation sites is 1. The number of alkyl halides is 3. The van der Waals surface area contributed by atoms with Crippen LogP contribution in [0.1, 0.15) is 39.8 Å². The van der Waals surface area contributed by atoms with Crippen molar-refractivity contribution in [3.63, 3.8) is 0 Å². The van der Waals surface area contributed by atoms with E-state index in [1.165, 1.54) is 25.3 Å². The number of methoxy groups -OCH3 is 1. The maximum absolute atomic E-state index is 14.1. The first kappa shape index (κ1) is 27.2. The molecule has 0 aromatic heterocycles. The van der Waals surface area contributed by atoms with Crippen molar-refractivity contribution >= 4 is 28.8 Å². The number of amides is 1. The lowest BCUT2D eigenvalue weighted by Crippen LogP contribution is -2.39. The van der Waals surface area contributed by atoms with Crippen LogP contribution in [0.5, 0.6) is 11.5 Å². The third-order valence-corrected chi connectivity index (χ3v) is 8.07. The zero-order valence-electron chi connectivity index (χ0n) is 22.4. The van der Waals surface area contributed by atoms with Gasteiger partial charge in [0.1, 0.15) is 5.84 Å². The predicted octanol–water partition coefficient (Wildman–Crippen LogP) is 6.38. The second kappa shape index (κ2) is 10.1. The van der Waals surface area contributed by atoms with Gasteiger partial charge < -0.3 is 20.9 Å². The average molecular weight is 573 g/mol. The molecule has 0 saturated carbocycles. The number of hydrogen-bond acceptors (Lipinski definition) is 5. The molecule has 1 unspecified atom stereocenters. The molecule has 214 valence electrons. The highest BCUT2D eigenvalue weighted by Crippen LogP contribution is 2.56. The smallest absolute Gasteiger partial charge is 0.472 e. The molecule has 4 aromatic rings. The third-order valence-electron chi connectivity index (χ3n) is 8.07. The molecule has 42 heavy (non-hydrogen) atoms. The maximum Gasteiger partial charge on any atom is 0.472 e. The number of amidine groups is 1. The van der Waals surface area contributed by atoms with Gasteiger partial charge in [0.2, 0.25) is 0 Å². The fraction of sp³-hybridized carbons (Fsp3) is 0.188. The molecular formula is C32H27F3N4O3. The number of nitrogen functional groups attached to an aromatic ring is 1. The van der Waals surface area contributed by atoms with Crippen molar-refractivity contribution < 1.29 is 27.8 Å². The molecule has 5 N–H and O–H groups in total. The van der Waals surface area contributed by atoms with Gasteiger partial charge in [-0.05, 0) is 65.4 Å². The topological polar surface area (TPSA) is 112 Å². The Bertz CT molecular complexity index is 1710. The summed E-state index contributed by atoms with van der Waals surface area (Å²) in [6.07, 6.45) is -4.59. The molecule has 1 aliphatic carbocycles. The van der Waals surface area contributed by atoms with Crippen molar-refractivity contribution in [3.05, 3.63) is 113 Å². The van der Waals surface area contributed by atoms with Gasteiger partial charge in [0.25, 0.3) is 0 Å². The van der Waals surface area contributed by atoms with Crippen LogP contribution in [0, 0.1) is 11.3 Å². The van der Waals surface area contributed by atoms with E-state index in [1.54, 1.807) is 24.3 Å². The molecule has 2 aliphatic rings. The number of aromatic hydroxyl groups is 1. The number of halogens is 3. The number of carbonyl (C=O) groups is 1. The van der Waals surface area contributed by atoms with Crippen molar-refractivity contribution in [1.82, 2.24) is 0 Å². The Morgan fingerprint density at radius 1 is 1.00 bits per heavy atom. The molecule has 6 rings (SSSR count). The molecular weight excluding hydrogens is 545 g/mol. The normalized spacial score (nSPS) is 18.7. The van der Waals surface area contributed by atoms with Crippen LogP contribution >= 0.6 is 0 Å². The van der Waals surface area contributed by atoms with Gasteiger partial charge in [-0.1, -0.05) is 42.5 Å². The van der Waals surface area contributed by atoms with E-state index < -0.39 is 23.9 Å². The SMILES string of the molecule is COc1cc(C2Nc3ccc(C(=N)N)cc3[C@H]3c4ccccc4C[C@@H]23)c(N(C(=O)C(F)(F)F)c2ccccc2)cc1O. The molecule has 1 amide bonds. The van der Waals surface area contributed by atoms with Gasteiger partial charge in [0.05, 0.1) is 18.8 Å². The van der Waals surface area contributed by atoms with Crippen LogP contribution in [0.3, 0.4) is 0 Å². The minimum Gasteiger partial charge on any atom is -0.504 e. The number of phenols is 1. The van der Waals surface area contributed by atoms with Gasteiger partial charge in [-0.25, -0.2) is 0 Å². The Balaban J connectivity index is 1.59. The number of nitrogens with two attached hydrogens (primary N) is 1. The lowest BCUT2D eigenvalue weighted by atomic mass is 9.74. The summed E-state index contributed by atoms with van der Waals surface area (Å²) in [4.78, 5) is 13.6. The van der Waals surface area contributed by atoms with E-state index in [9.17, 15) is 23.1 Å². The summed E-state index contributed by atoms with van der Waals surface area (Å²) in [5.41, 5.74) is 10.4. The highest BCUT2D eigenvalue weighted by atomic mass is 19.4. The number of anilines is 3. The molecule has 0 saturated heterocycles. The molecule has 1 heterocycles. The number of fused-ring (bicyclic) bond motifs is 5. The third kappa shape index (κ3) is 4.49. The maximum atomic E-state index is 14.1. The number of rotatable bonds is 5. The van der Waals surface area contributed by atoms with Crippen molar-refractivity contribution in [2.75, 3.05) is 17.3 Å². The van der Waals surface area contributed by atoms with Crippen LogP contribution in [0.25, 0.3) is 0 Å². The predicted molar refractivity (Wildman–Crippen MR) is 154 cm³/mol. The Kier molecular flexibility index (Phi) is 6.56. The number of hydrogen-bond donors (Lipinski definition) is 4. The van der Waals surface area contributed by atoms with E-state index in [4.69, 9.17) is 15.9 Å². The Labute approximate surface area is 239 Å². The second-order valence-corrected chi connectivity index (χ2v) is 10.4. The molecule has 0 radical (unpaired) electrons. The van der Waals surface area contributed by atoms with E-state index in [2.05, 4.69) is 5.32 Å². The first-order valence-electron chi connectivity index (χ1n) is 13.3. The lowest BCUT2D eigenvalue weighted by Gasteiger charge is -2.40. The van der Waals surface area contributed by atoms with E-state index in [0.717, 1.165) is 28.4 Å². The fourth-order valence-electron chi connectivity index (χ4n) is 6.29. The highest BCUT2D eigenvalue weighted by molar-refractivity contribution is 6.04. The molecule has 3 atom stereocenters. The highest BCUT2D eigenvalue weighted by Gasteiger charge is 2.48. The standard InChI is InChI=1S/C32H27F3N4O3/c1-42-27-15-22(25(16-26(27)40)39(31(41)32(33,34)35)19-8-3-2-4-9-19)29-23-13-17-7-5-6-10-20(17)28(23)21-14-18(30(36)37)11-12-24(21)38-29/h2-12,14-16,23,28-29,38,40H,13H2,1H3,(H3,36,37)/t23-,28-,29?/m1/s1. The summed E-state index contributed by atoms with van der Waals surface area (Å²) in [5.74, 6) is -2.86. The zero-order valence-corrected chi connectivity index (χ0v) is 22.4. The molecule has 1 aliphatic heterocycles. The number of nitrogens with zero attached hydrogens (tertiary/aromatic N) is 1. The molecule has 0 fully saturated rings. The lowest BCUT2D eigenvalue weighted by molar-refractivity contribution is -0.169. The van der Waals surface area contributed by atoms with Gasteiger partial charge in [0.15, 0.2) is 11.5 Å². The van der Waals surface area contributed by atoms with Crippen LogP contribution in [-0.2, 0) is 11.2 Å². The van der Waals surface area contributed by atoms with E-state index >= 15 is 0 Å². The van der Waals surface area contributed by atoms with Crippen LogP contribution in [-0.4, -0.2) is 30.1 Å². The van der Waals surface area contributed by atoms with Crippen LogP contribution in [0.4, 0.5) is 30.2 Å². The fourth-order valence-corrected chi connectivity index (χ4v) is 6.29. The summed E-state index contributed by atoms with van der Waals surface area (Å²) < 4.78 is 47.6. The van der Waals surface area contributed by atoms with Crippen LogP contribution in [0.2, 0.25) is 0 Å². The first-order valence-corrected chi connectivity index (χ1v) is 13.3. The molecule has 4 aromatic carbocycles. The minimum atomic E-state index is -5.19. The van der Waals surface area contributed by atoms with Gasteiger partial charge >= 0.3 is 12.1 Å². The summed E-state index contributed by atoms with van der Waals surface area (Å²) in [6.45, 7) is 0. The van der Waals surface area contributed by atoms with Gasteiger partial charge in [-0.15, -0.1) is 0 Å². The van der Waals surface area contributed by atoms with Crippen molar-refractivity contribution in [2.45, 2.75) is 24.6 Å². The van der Waals surface area contributed by atoms with Gasteiger partial charge in [0, 0.05) is 34.5 Å². The molecule has 10 heteroatoms. The van der Waals surface area contributed by atoms with Gasteiger partial charge in [-0.3, -0.25) is 15.1 Å². The number of benzene rings is 4. The van der Waals surface area contributed by atoms with E-state index in [-0.39, 0.29) is 34.8 Å². The Morgan fingerprint density at radius 2 is 1.71 bits per heavy atom. The van der Waals surface area contributed by atoms with Crippen molar-refractivity contribution in [3.8, 4) is 11.5 Å². The zero-order chi connectivity index (χ0) is 29.8. The number of ether oxygens (including phenoxy) is 1. The number of carbonyl (C=O) groups excluding carboxylic acids is 1. The molecule has 0 bridgehead atoms.